The van der Waals surface area contributed by atoms with E-state index in [1.807, 2.05) is 24.5 Å². The van der Waals surface area contributed by atoms with E-state index in [9.17, 15) is 0 Å². The van der Waals surface area contributed by atoms with Gasteiger partial charge in [-0.2, -0.15) is 5.26 Å². The molecule has 2 aromatic carbocycles. The van der Waals surface area contributed by atoms with Gasteiger partial charge < -0.3 is 25.3 Å². The van der Waals surface area contributed by atoms with E-state index in [1.54, 1.807) is 6.07 Å². The Morgan fingerprint density at radius 3 is 1.90 bits per heavy atom. The van der Waals surface area contributed by atoms with Gasteiger partial charge in [-0.05, 0) is 53.6 Å². The molecule has 5 rings (SSSR count). The van der Waals surface area contributed by atoms with Crippen molar-refractivity contribution in [1.82, 2.24) is 9.97 Å². The maximum Gasteiger partial charge on any atom is 2.00 e. The van der Waals surface area contributed by atoms with E-state index >= 15 is 0 Å². The van der Waals surface area contributed by atoms with Gasteiger partial charge in [0, 0.05) is 33.6 Å². The SMILES string of the molecule is [C-]#[N+]/C([S-])=C(/[S-])C#N.[Pt+2].c1cnc2c(c1)cc1c3c(cc4cccnc4c32)CC1. The summed E-state index contributed by atoms with van der Waals surface area (Å²) in [6, 6.07) is 14.5. The number of nitrogens with zero attached hydrogens (tertiary/aromatic N) is 4. The van der Waals surface area contributed by atoms with Crippen molar-refractivity contribution >= 4 is 57.8 Å². The van der Waals surface area contributed by atoms with Crippen LogP contribution in [-0.4, -0.2) is 9.97 Å². The predicted octanol–water partition coefficient (Wildman–Crippen LogP) is 4.72. The third-order valence-electron chi connectivity index (χ3n) is 4.76. The molecule has 29 heavy (non-hydrogen) atoms. The molecule has 0 spiro atoms. The first-order chi connectivity index (χ1) is 13.6. The fraction of sp³-hybridized carbons (Fsp3) is 0.0909. The van der Waals surface area contributed by atoms with E-state index in [-0.39, 0.29) is 31.0 Å². The van der Waals surface area contributed by atoms with E-state index in [1.165, 1.54) is 32.7 Å². The standard InChI is InChI=1S/C18H12N2.C4H2N2S2.Pt/c1-3-13-9-11-5-6-12-10-14-4-2-8-20-18(14)16(15(11)12)17(13)19-7-1;1-6-4(8)3(7)2-5;/h1-4,7-10H,5-6H2;7-8H;/q;;+2/p-2/b;4-3-;. The molecule has 0 fully saturated rings. The molecule has 0 aliphatic heterocycles. The van der Waals surface area contributed by atoms with Crippen molar-refractivity contribution in [2.75, 3.05) is 0 Å². The van der Waals surface area contributed by atoms with Gasteiger partial charge in [-0.1, -0.05) is 12.1 Å². The van der Waals surface area contributed by atoms with Crippen LogP contribution in [0.4, 0.5) is 0 Å². The number of aromatic nitrogens is 2. The molecule has 0 saturated heterocycles. The number of pyridine rings is 2. The first-order valence-electron chi connectivity index (χ1n) is 8.57. The number of nitriles is 1. The molecule has 0 radical (unpaired) electrons. The molecule has 7 heteroatoms. The van der Waals surface area contributed by atoms with E-state index in [4.69, 9.17) is 11.8 Å². The molecule has 0 N–H and O–H groups in total. The minimum atomic E-state index is -0.123. The van der Waals surface area contributed by atoms with Crippen molar-refractivity contribution in [2.45, 2.75) is 12.8 Å². The molecule has 0 unspecified atom stereocenters. The number of benzene rings is 2. The van der Waals surface area contributed by atoms with E-state index < -0.39 is 0 Å². The third-order valence-corrected chi connectivity index (χ3v) is 5.47. The molecule has 1 aliphatic rings. The zero-order valence-corrected chi connectivity index (χ0v) is 18.9. The van der Waals surface area contributed by atoms with Crippen LogP contribution >= 0.6 is 0 Å². The van der Waals surface area contributed by atoms with Gasteiger partial charge in [0.05, 0.1) is 23.7 Å². The molecule has 2 aromatic heterocycles. The van der Waals surface area contributed by atoms with Crippen molar-refractivity contribution in [2.24, 2.45) is 0 Å². The molecule has 4 aromatic rings. The van der Waals surface area contributed by atoms with Crippen LogP contribution in [0, 0.1) is 17.9 Å². The van der Waals surface area contributed by atoms with Gasteiger partial charge in [-0.3, -0.25) is 14.8 Å². The van der Waals surface area contributed by atoms with E-state index in [0.717, 1.165) is 23.9 Å². The van der Waals surface area contributed by atoms with Gasteiger partial charge in [0.25, 0.3) is 0 Å². The topological polar surface area (TPSA) is 53.9 Å². The monoisotopic (exact) mass is 591 g/mol. The van der Waals surface area contributed by atoms with Crippen molar-refractivity contribution in [3.05, 3.63) is 81.3 Å². The number of allylic oxidation sites excluding steroid dienone is 1. The summed E-state index contributed by atoms with van der Waals surface area (Å²) >= 11 is 8.72. The van der Waals surface area contributed by atoms with Crippen LogP contribution in [0.25, 0.3) is 37.4 Å². The molecular formula is C22H12N4PtS2. The molecule has 2 heterocycles. The predicted molar refractivity (Wildman–Crippen MR) is 116 cm³/mol. The summed E-state index contributed by atoms with van der Waals surface area (Å²) in [5, 5.41) is 13.0. The average Bonchev–Trinajstić information content (AvgIpc) is 3.15. The summed E-state index contributed by atoms with van der Waals surface area (Å²) in [5.74, 6) is 0. The van der Waals surface area contributed by atoms with Crippen LogP contribution < -0.4 is 0 Å². The number of fused-ring (bicyclic) bond motifs is 4. The Morgan fingerprint density at radius 2 is 1.48 bits per heavy atom. The number of aryl methyl sites for hydroxylation is 2. The van der Waals surface area contributed by atoms with Crippen LogP contribution in [0.2, 0.25) is 0 Å². The Balaban J connectivity index is 0.000000232. The van der Waals surface area contributed by atoms with Crippen molar-refractivity contribution in [3.63, 3.8) is 0 Å². The van der Waals surface area contributed by atoms with Crippen LogP contribution in [0.15, 0.2) is 58.7 Å². The minimum Gasteiger partial charge on any atom is -0.812 e. The molecule has 1 aliphatic carbocycles. The minimum absolute atomic E-state index is 0. The summed E-state index contributed by atoms with van der Waals surface area (Å²) in [4.78, 5) is 11.9. The van der Waals surface area contributed by atoms with Gasteiger partial charge in [0.2, 0.25) is 0 Å². The third kappa shape index (κ3) is 3.80. The Bertz CT molecular complexity index is 1270. The molecule has 0 saturated carbocycles. The van der Waals surface area contributed by atoms with Crippen LogP contribution in [0.1, 0.15) is 11.1 Å². The number of rotatable bonds is 0. The largest absolute Gasteiger partial charge is 2.00 e. The van der Waals surface area contributed by atoms with Crippen LogP contribution in [-0.2, 0) is 59.2 Å². The zero-order chi connectivity index (χ0) is 19.7. The van der Waals surface area contributed by atoms with Crippen molar-refractivity contribution in [3.8, 4) is 6.07 Å². The quantitative estimate of drug-likeness (QED) is 0.128. The van der Waals surface area contributed by atoms with Gasteiger partial charge in [0.1, 0.15) is 0 Å². The molecule has 0 atom stereocenters. The molecule has 0 bridgehead atoms. The van der Waals surface area contributed by atoms with Gasteiger partial charge >= 0.3 is 21.1 Å². The normalized spacial score (nSPS) is 12.3. The Morgan fingerprint density at radius 1 is 0.966 bits per heavy atom. The molecule has 142 valence electrons. The smallest absolute Gasteiger partial charge is 0.812 e. The second kappa shape index (κ2) is 8.80. The maximum absolute atomic E-state index is 8.01. The van der Waals surface area contributed by atoms with Gasteiger partial charge in [-0.25, -0.2) is 0 Å². The molecule has 4 nitrogen and oxygen atoms in total. The second-order valence-electron chi connectivity index (χ2n) is 6.33. The number of hydrogen-bond donors (Lipinski definition) is 0. The molecular weight excluding hydrogens is 579 g/mol. The Hall–Kier alpha value is -2.63. The summed E-state index contributed by atoms with van der Waals surface area (Å²) in [6.07, 6.45) is 6.02. The fourth-order valence-electron chi connectivity index (χ4n) is 3.64. The number of hydrogen-bond acceptors (Lipinski definition) is 5. The maximum atomic E-state index is 8.01. The van der Waals surface area contributed by atoms with Crippen LogP contribution in [0.3, 0.4) is 0 Å². The second-order valence-corrected chi connectivity index (χ2v) is 7.12. The van der Waals surface area contributed by atoms with E-state index in [2.05, 4.69) is 64.3 Å². The zero-order valence-electron chi connectivity index (χ0n) is 15.0. The van der Waals surface area contributed by atoms with Crippen molar-refractivity contribution in [1.29, 1.82) is 5.26 Å². The molecule has 0 amide bonds. The van der Waals surface area contributed by atoms with E-state index in [0.29, 0.717) is 0 Å². The summed E-state index contributed by atoms with van der Waals surface area (Å²) in [5.41, 5.74) is 5.06. The summed E-state index contributed by atoms with van der Waals surface area (Å²) in [6.45, 7) is 6.29. The first kappa shape index (κ1) is 21.1. The summed E-state index contributed by atoms with van der Waals surface area (Å²) < 4.78 is 0. The Labute approximate surface area is 193 Å². The van der Waals surface area contributed by atoms with Crippen molar-refractivity contribution < 1.29 is 21.1 Å². The first-order valence-corrected chi connectivity index (χ1v) is 9.38. The average molecular weight is 592 g/mol. The summed E-state index contributed by atoms with van der Waals surface area (Å²) in [7, 11) is 0. The fourth-order valence-corrected chi connectivity index (χ4v) is 3.74. The Kier molecular flexibility index (Phi) is 6.40. The van der Waals surface area contributed by atoms with Gasteiger partial charge in [-0.15, -0.1) is 4.91 Å². The van der Waals surface area contributed by atoms with Crippen LogP contribution in [0.5, 0.6) is 0 Å². The van der Waals surface area contributed by atoms with Gasteiger partial charge in [0.15, 0.2) is 0 Å².